The molecule has 0 fully saturated rings. The number of rotatable bonds is 4. The van der Waals surface area contributed by atoms with Crippen molar-refractivity contribution in [1.82, 2.24) is 5.32 Å². The lowest BCUT2D eigenvalue weighted by Gasteiger charge is -2.27. The van der Waals surface area contributed by atoms with Crippen molar-refractivity contribution in [1.29, 1.82) is 0 Å². The Hall–Kier alpha value is -0.730. The van der Waals surface area contributed by atoms with Crippen LogP contribution >= 0.6 is 11.6 Å². The van der Waals surface area contributed by atoms with Gasteiger partial charge in [0.05, 0.1) is 7.11 Å². The molecular formula is C14H22ClNO. The number of nitrogens with one attached hydrogen (secondary N) is 1. The standard InChI is InChI=1S/C14H22ClNO/c1-14(2,3)9-12(16-4)11-8-10(15)6-7-13(11)17-5/h6-8,12,16H,9H2,1-5H3. The molecule has 0 aromatic heterocycles. The molecule has 1 atom stereocenters. The monoisotopic (exact) mass is 255 g/mol. The van der Waals surface area contributed by atoms with Crippen molar-refractivity contribution in [2.24, 2.45) is 5.41 Å². The summed E-state index contributed by atoms with van der Waals surface area (Å²) >= 11 is 6.06. The van der Waals surface area contributed by atoms with E-state index in [0.717, 1.165) is 22.8 Å². The predicted octanol–water partition coefficient (Wildman–Crippen LogP) is 4.05. The number of hydrogen-bond acceptors (Lipinski definition) is 2. The van der Waals surface area contributed by atoms with Crippen LogP contribution in [0.15, 0.2) is 18.2 Å². The van der Waals surface area contributed by atoms with Crippen molar-refractivity contribution in [2.75, 3.05) is 14.2 Å². The van der Waals surface area contributed by atoms with Crippen LogP contribution in [0.1, 0.15) is 38.8 Å². The number of hydrogen-bond donors (Lipinski definition) is 1. The Balaban J connectivity index is 3.06. The fourth-order valence-electron chi connectivity index (χ4n) is 1.96. The largest absolute Gasteiger partial charge is 0.496 e. The van der Waals surface area contributed by atoms with Crippen molar-refractivity contribution >= 4 is 11.6 Å². The van der Waals surface area contributed by atoms with Crippen LogP contribution in [0.25, 0.3) is 0 Å². The van der Waals surface area contributed by atoms with E-state index in [4.69, 9.17) is 16.3 Å². The Labute approximate surface area is 109 Å². The van der Waals surface area contributed by atoms with Crippen LogP contribution in [0.5, 0.6) is 5.75 Å². The normalized spacial score (nSPS) is 13.5. The maximum absolute atomic E-state index is 6.06. The summed E-state index contributed by atoms with van der Waals surface area (Å²) in [5.41, 5.74) is 1.37. The molecule has 0 saturated heterocycles. The summed E-state index contributed by atoms with van der Waals surface area (Å²) in [5.74, 6) is 0.887. The minimum absolute atomic E-state index is 0.251. The van der Waals surface area contributed by atoms with Gasteiger partial charge in [0.15, 0.2) is 0 Å². The summed E-state index contributed by atoms with van der Waals surface area (Å²) in [7, 11) is 3.66. The maximum atomic E-state index is 6.06. The SMILES string of the molecule is CNC(CC(C)(C)C)c1cc(Cl)ccc1OC. The van der Waals surface area contributed by atoms with Gasteiger partial charge in [-0.2, -0.15) is 0 Å². The summed E-state index contributed by atoms with van der Waals surface area (Å²) < 4.78 is 5.40. The first-order valence-electron chi connectivity index (χ1n) is 5.88. The summed E-state index contributed by atoms with van der Waals surface area (Å²) in [6, 6.07) is 6.01. The van der Waals surface area contributed by atoms with Crippen LogP contribution in [0.3, 0.4) is 0 Å². The lowest BCUT2D eigenvalue weighted by Crippen LogP contribution is -2.23. The fraction of sp³-hybridized carbons (Fsp3) is 0.571. The lowest BCUT2D eigenvalue weighted by atomic mass is 9.85. The molecule has 1 aromatic carbocycles. The van der Waals surface area contributed by atoms with Crippen LogP contribution in [0, 0.1) is 5.41 Å². The second kappa shape index (κ2) is 5.74. The zero-order valence-corrected chi connectivity index (χ0v) is 12.1. The lowest BCUT2D eigenvalue weighted by molar-refractivity contribution is 0.313. The van der Waals surface area contributed by atoms with Gasteiger partial charge in [0.1, 0.15) is 5.75 Å². The first-order chi connectivity index (χ1) is 7.87. The van der Waals surface area contributed by atoms with Crippen molar-refractivity contribution < 1.29 is 4.74 Å². The van der Waals surface area contributed by atoms with E-state index in [9.17, 15) is 0 Å². The third-order valence-electron chi connectivity index (χ3n) is 2.73. The predicted molar refractivity (Wildman–Crippen MR) is 73.9 cm³/mol. The highest BCUT2D eigenvalue weighted by Gasteiger charge is 2.21. The van der Waals surface area contributed by atoms with E-state index in [1.807, 2.05) is 25.2 Å². The Bertz CT molecular complexity index is 371. The second-order valence-electron chi connectivity index (χ2n) is 5.49. The quantitative estimate of drug-likeness (QED) is 0.877. The van der Waals surface area contributed by atoms with E-state index in [-0.39, 0.29) is 11.5 Å². The molecule has 1 unspecified atom stereocenters. The number of halogens is 1. The molecule has 0 aliphatic rings. The van der Waals surface area contributed by atoms with E-state index >= 15 is 0 Å². The number of methoxy groups -OCH3 is 1. The molecule has 1 aromatic rings. The van der Waals surface area contributed by atoms with Gasteiger partial charge in [-0.15, -0.1) is 0 Å². The third kappa shape index (κ3) is 4.21. The Morgan fingerprint density at radius 3 is 2.47 bits per heavy atom. The minimum Gasteiger partial charge on any atom is -0.496 e. The first kappa shape index (κ1) is 14.3. The molecule has 17 heavy (non-hydrogen) atoms. The third-order valence-corrected chi connectivity index (χ3v) is 2.97. The highest BCUT2D eigenvalue weighted by atomic mass is 35.5. The van der Waals surface area contributed by atoms with Crippen molar-refractivity contribution in [3.8, 4) is 5.75 Å². The average molecular weight is 256 g/mol. The van der Waals surface area contributed by atoms with Crippen molar-refractivity contribution in [3.63, 3.8) is 0 Å². The highest BCUT2D eigenvalue weighted by molar-refractivity contribution is 6.30. The molecule has 0 aliphatic carbocycles. The van der Waals surface area contributed by atoms with E-state index in [0.29, 0.717) is 0 Å². The summed E-state index contributed by atoms with van der Waals surface area (Å²) in [5, 5.41) is 4.08. The summed E-state index contributed by atoms with van der Waals surface area (Å²) in [4.78, 5) is 0. The Morgan fingerprint density at radius 1 is 1.35 bits per heavy atom. The van der Waals surface area contributed by atoms with Crippen LogP contribution in [0.4, 0.5) is 0 Å². The van der Waals surface area contributed by atoms with Crippen molar-refractivity contribution in [2.45, 2.75) is 33.2 Å². The molecular weight excluding hydrogens is 234 g/mol. The van der Waals surface area contributed by atoms with Gasteiger partial charge in [0, 0.05) is 16.6 Å². The topological polar surface area (TPSA) is 21.3 Å². The molecule has 0 radical (unpaired) electrons. The van der Waals surface area contributed by atoms with Gasteiger partial charge in [-0.1, -0.05) is 32.4 Å². The minimum atomic E-state index is 0.251. The smallest absolute Gasteiger partial charge is 0.123 e. The van der Waals surface area contributed by atoms with Gasteiger partial charge >= 0.3 is 0 Å². The molecule has 0 heterocycles. The first-order valence-corrected chi connectivity index (χ1v) is 6.26. The molecule has 2 nitrogen and oxygen atoms in total. The number of benzene rings is 1. The summed E-state index contributed by atoms with van der Waals surface area (Å²) in [6.45, 7) is 6.69. The van der Waals surface area contributed by atoms with Gasteiger partial charge in [-0.05, 0) is 37.1 Å². The summed E-state index contributed by atoms with van der Waals surface area (Å²) in [6.07, 6.45) is 1.03. The molecule has 0 amide bonds. The molecule has 96 valence electrons. The van der Waals surface area contributed by atoms with E-state index in [1.165, 1.54) is 0 Å². The van der Waals surface area contributed by atoms with Crippen LogP contribution in [-0.2, 0) is 0 Å². The van der Waals surface area contributed by atoms with Gasteiger partial charge in [-0.3, -0.25) is 0 Å². The molecule has 0 aliphatic heterocycles. The maximum Gasteiger partial charge on any atom is 0.123 e. The molecule has 0 bridgehead atoms. The number of ether oxygens (including phenoxy) is 1. The molecule has 1 rings (SSSR count). The van der Waals surface area contributed by atoms with Gasteiger partial charge < -0.3 is 10.1 Å². The average Bonchev–Trinajstić information content (AvgIpc) is 2.24. The van der Waals surface area contributed by atoms with Crippen LogP contribution in [0.2, 0.25) is 5.02 Å². The second-order valence-corrected chi connectivity index (χ2v) is 5.93. The van der Waals surface area contributed by atoms with Crippen LogP contribution in [-0.4, -0.2) is 14.2 Å². The molecule has 0 spiro atoms. The van der Waals surface area contributed by atoms with Gasteiger partial charge in [0.25, 0.3) is 0 Å². The van der Waals surface area contributed by atoms with E-state index in [2.05, 4.69) is 26.1 Å². The van der Waals surface area contributed by atoms with Crippen LogP contribution < -0.4 is 10.1 Å². The van der Waals surface area contributed by atoms with Crippen molar-refractivity contribution in [3.05, 3.63) is 28.8 Å². The Kier molecular flexibility index (Phi) is 4.84. The highest BCUT2D eigenvalue weighted by Crippen LogP contribution is 2.35. The van der Waals surface area contributed by atoms with Gasteiger partial charge in [0.2, 0.25) is 0 Å². The van der Waals surface area contributed by atoms with E-state index in [1.54, 1.807) is 7.11 Å². The van der Waals surface area contributed by atoms with Gasteiger partial charge in [-0.25, -0.2) is 0 Å². The molecule has 1 N–H and O–H groups in total. The fourth-order valence-corrected chi connectivity index (χ4v) is 2.14. The van der Waals surface area contributed by atoms with E-state index < -0.39 is 0 Å². The Morgan fingerprint density at radius 2 is 2.00 bits per heavy atom. The molecule has 0 saturated carbocycles. The zero-order chi connectivity index (χ0) is 13.1. The molecule has 3 heteroatoms. The zero-order valence-electron chi connectivity index (χ0n) is 11.3.